The number of benzene rings is 1. The summed E-state index contributed by atoms with van der Waals surface area (Å²) in [7, 11) is 0. The summed E-state index contributed by atoms with van der Waals surface area (Å²) in [4.78, 5) is 40.5. The first-order valence-electron chi connectivity index (χ1n) is 9.01. The van der Waals surface area contributed by atoms with Crippen LogP contribution in [-0.2, 0) is 14.4 Å². The van der Waals surface area contributed by atoms with Crippen molar-refractivity contribution in [1.29, 1.82) is 0 Å². The number of hydrogen-bond donors (Lipinski definition) is 0. The van der Waals surface area contributed by atoms with Crippen molar-refractivity contribution in [1.82, 2.24) is 4.90 Å². The Hall–Kier alpha value is -1.72. The second-order valence-electron chi connectivity index (χ2n) is 6.80. The average Bonchev–Trinajstić information content (AvgIpc) is 2.61. The van der Waals surface area contributed by atoms with Crippen molar-refractivity contribution in [2.24, 2.45) is 0 Å². The summed E-state index contributed by atoms with van der Waals surface area (Å²) in [6.45, 7) is 7.16. The van der Waals surface area contributed by atoms with Gasteiger partial charge in [-0.3, -0.25) is 19.3 Å². The lowest BCUT2D eigenvalue weighted by Gasteiger charge is -2.47. The van der Waals surface area contributed by atoms with Gasteiger partial charge in [0.25, 0.3) is 0 Å². The molecule has 0 saturated carbocycles. The van der Waals surface area contributed by atoms with E-state index in [0.717, 1.165) is 12.2 Å². The quantitative estimate of drug-likeness (QED) is 0.728. The van der Waals surface area contributed by atoms with Crippen molar-refractivity contribution in [3.63, 3.8) is 0 Å². The summed E-state index contributed by atoms with van der Waals surface area (Å²) < 4.78 is 0. The lowest BCUT2D eigenvalue weighted by Crippen LogP contribution is -2.61. The fourth-order valence-corrected chi connectivity index (χ4v) is 3.56. The molecule has 0 aromatic heterocycles. The first-order valence-corrected chi connectivity index (χ1v) is 9.01. The molecule has 0 unspecified atom stereocenters. The summed E-state index contributed by atoms with van der Waals surface area (Å²) >= 11 is 0. The van der Waals surface area contributed by atoms with E-state index in [1.165, 1.54) is 0 Å². The smallest absolute Gasteiger partial charge is 0.227 e. The molecule has 144 valence electrons. The third kappa shape index (κ3) is 4.92. The monoisotopic (exact) mass is 380 g/mol. The zero-order valence-electron chi connectivity index (χ0n) is 15.9. The van der Waals surface area contributed by atoms with E-state index in [1.54, 1.807) is 18.7 Å². The first-order chi connectivity index (χ1) is 11.9. The SMILES string of the molecule is CCC(=O)N(c1ccccc1)C1(C(C)=O)CCN(CCC(C)=O)CC1.Cl. The molecular weight excluding hydrogens is 352 g/mol. The lowest BCUT2D eigenvalue weighted by atomic mass is 9.81. The van der Waals surface area contributed by atoms with Crippen LogP contribution in [0.25, 0.3) is 0 Å². The summed E-state index contributed by atoms with van der Waals surface area (Å²) in [5.41, 5.74) is -0.0111. The van der Waals surface area contributed by atoms with Gasteiger partial charge in [0.05, 0.1) is 0 Å². The summed E-state index contributed by atoms with van der Waals surface area (Å²) in [6.07, 6.45) is 2.09. The van der Waals surface area contributed by atoms with Crippen LogP contribution in [0, 0.1) is 0 Å². The third-order valence-electron chi connectivity index (χ3n) is 5.11. The van der Waals surface area contributed by atoms with Crippen molar-refractivity contribution in [2.75, 3.05) is 24.5 Å². The molecular formula is C20H29ClN2O3. The van der Waals surface area contributed by atoms with E-state index in [4.69, 9.17) is 0 Å². The van der Waals surface area contributed by atoms with Gasteiger partial charge in [0, 0.05) is 38.2 Å². The van der Waals surface area contributed by atoms with Gasteiger partial charge in [-0.25, -0.2) is 0 Å². The highest BCUT2D eigenvalue weighted by atomic mass is 35.5. The number of amides is 1. The highest BCUT2D eigenvalue weighted by Gasteiger charge is 2.46. The molecule has 0 aliphatic carbocycles. The number of ketones is 2. The Morgan fingerprint density at radius 3 is 2.12 bits per heavy atom. The number of likely N-dealkylation sites (tertiary alicyclic amines) is 1. The standard InChI is InChI=1S/C20H28N2O3.ClH/c1-4-19(25)22(18-8-6-5-7-9-18)20(17(3)24)11-14-21(15-12-20)13-10-16(2)23;/h5-9H,4,10-15H2,1-3H3;1H. The molecule has 1 aromatic carbocycles. The second-order valence-corrected chi connectivity index (χ2v) is 6.80. The molecule has 26 heavy (non-hydrogen) atoms. The molecule has 6 heteroatoms. The van der Waals surface area contributed by atoms with E-state index in [-0.39, 0.29) is 29.9 Å². The minimum absolute atomic E-state index is 0. The van der Waals surface area contributed by atoms with Crippen LogP contribution < -0.4 is 4.90 Å². The molecule has 0 atom stereocenters. The maximum absolute atomic E-state index is 12.7. The molecule has 1 amide bonds. The van der Waals surface area contributed by atoms with E-state index in [9.17, 15) is 14.4 Å². The molecule has 0 N–H and O–H groups in total. The van der Waals surface area contributed by atoms with Crippen LogP contribution in [0.3, 0.4) is 0 Å². The number of carbonyl (C=O) groups is 3. The minimum atomic E-state index is -0.791. The van der Waals surface area contributed by atoms with Crippen LogP contribution in [-0.4, -0.2) is 47.5 Å². The zero-order valence-corrected chi connectivity index (χ0v) is 16.7. The molecule has 0 spiro atoms. The van der Waals surface area contributed by atoms with Gasteiger partial charge in [-0.05, 0) is 38.8 Å². The number of piperidine rings is 1. The molecule has 1 fully saturated rings. The maximum atomic E-state index is 12.7. The summed E-state index contributed by atoms with van der Waals surface area (Å²) in [5.74, 6) is 0.179. The highest BCUT2D eigenvalue weighted by molar-refractivity contribution is 6.03. The molecule has 0 radical (unpaired) electrons. The normalized spacial score (nSPS) is 16.4. The number of carbonyl (C=O) groups excluding carboxylic acids is 3. The van der Waals surface area contributed by atoms with Crippen molar-refractivity contribution < 1.29 is 14.4 Å². The maximum Gasteiger partial charge on any atom is 0.227 e. The van der Waals surface area contributed by atoms with E-state index in [0.29, 0.717) is 38.8 Å². The molecule has 1 heterocycles. The van der Waals surface area contributed by atoms with Crippen LogP contribution in [0.4, 0.5) is 5.69 Å². The topological polar surface area (TPSA) is 57.7 Å². The van der Waals surface area contributed by atoms with Gasteiger partial charge in [-0.2, -0.15) is 0 Å². The number of hydrogen-bond acceptors (Lipinski definition) is 4. The van der Waals surface area contributed by atoms with E-state index in [1.807, 2.05) is 37.3 Å². The first kappa shape index (κ1) is 22.3. The van der Waals surface area contributed by atoms with Gasteiger partial charge in [0.2, 0.25) is 5.91 Å². The fourth-order valence-electron chi connectivity index (χ4n) is 3.56. The number of Topliss-reactive ketones (excluding diaryl/α,β-unsaturated/α-hetero) is 2. The number of rotatable bonds is 7. The molecule has 1 saturated heterocycles. The lowest BCUT2D eigenvalue weighted by molar-refractivity contribution is -0.129. The number of para-hydroxylation sites is 1. The molecule has 5 nitrogen and oxygen atoms in total. The number of anilines is 1. The van der Waals surface area contributed by atoms with Crippen LogP contribution in [0.1, 0.15) is 46.5 Å². The van der Waals surface area contributed by atoms with E-state index in [2.05, 4.69) is 4.90 Å². The molecule has 1 aromatic rings. The minimum Gasteiger partial charge on any atom is -0.303 e. The van der Waals surface area contributed by atoms with Crippen molar-refractivity contribution in [2.45, 2.75) is 52.0 Å². The van der Waals surface area contributed by atoms with Gasteiger partial charge in [0.1, 0.15) is 11.3 Å². The van der Waals surface area contributed by atoms with Gasteiger partial charge in [-0.1, -0.05) is 25.1 Å². The van der Waals surface area contributed by atoms with Crippen LogP contribution >= 0.6 is 12.4 Å². The van der Waals surface area contributed by atoms with E-state index >= 15 is 0 Å². The predicted octanol–water partition coefficient (Wildman–Crippen LogP) is 3.25. The van der Waals surface area contributed by atoms with Gasteiger partial charge < -0.3 is 4.90 Å². The van der Waals surface area contributed by atoms with Crippen LogP contribution in [0.2, 0.25) is 0 Å². The number of halogens is 1. The predicted molar refractivity (Wildman–Crippen MR) is 106 cm³/mol. The Balaban J connectivity index is 0.00000338. The molecule has 1 aliphatic heterocycles. The second kappa shape index (κ2) is 9.83. The average molecular weight is 381 g/mol. The van der Waals surface area contributed by atoms with Crippen LogP contribution in [0.5, 0.6) is 0 Å². The van der Waals surface area contributed by atoms with Gasteiger partial charge >= 0.3 is 0 Å². The summed E-state index contributed by atoms with van der Waals surface area (Å²) in [6, 6.07) is 9.46. The third-order valence-corrected chi connectivity index (χ3v) is 5.11. The fraction of sp³-hybridized carbons (Fsp3) is 0.550. The number of nitrogens with zero attached hydrogens (tertiary/aromatic N) is 2. The van der Waals surface area contributed by atoms with Crippen molar-refractivity contribution in [3.8, 4) is 0 Å². The van der Waals surface area contributed by atoms with Crippen molar-refractivity contribution in [3.05, 3.63) is 30.3 Å². The Morgan fingerprint density at radius 1 is 1.08 bits per heavy atom. The Kier molecular flexibility index (Phi) is 8.44. The Bertz CT molecular complexity index is 625. The van der Waals surface area contributed by atoms with Crippen LogP contribution in [0.15, 0.2) is 30.3 Å². The van der Waals surface area contributed by atoms with E-state index < -0.39 is 5.54 Å². The molecule has 0 bridgehead atoms. The molecule has 1 aliphatic rings. The van der Waals surface area contributed by atoms with Gasteiger partial charge in [0.15, 0.2) is 5.78 Å². The molecule has 2 rings (SSSR count). The van der Waals surface area contributed by atoms with Crippen molar-refractivity contribution >= 4 is 35.6 Å². The zero-order chi connectivity index (χ0) is 18.4. The largest absolute Gasteiger partial charge is 0.303 e. The Morgan fingerprint density at radius 2 is 1.65 bits per heavy atom. The Labute approximate surface area is 162 Å². The van der Waals surface area contributed by atoms with Gasteiger partial charge in [-0.15, -0.1) is 12.4 Å². The summed E-state index contributed by atoms with van der Waals surface area (Å²) in [5, 5.41) is 0. The highest BCUT2D eigenvalue weighted by Crippen LogP contribution is 2.35.